The minimum absolute atomic E-state index is 0.271. The van der Waals surface area contributed by atoms with Crippen molar-refractivity contribution in [3.8, 4) is 26.6 Å². The Morgan fingerprint density at radius 2 is 1.49 bits per heavy atom. The highest BCUT2D eigenvalue weighted by molar-refractivity contribution is 7.18. The highest BCUT2D eigenvalue weighted by Crippen LogP contribution is 2.37. The van der Waals surface area contributed by atoms with E-state index in [1.54, 1.807) is 23.5 Å². The maximum Gasteiger partial charge on any atom is 0.165 e. The van der Waals surface area contributed by atoms with Gasteiger partial charge < -0.3 is 4.74 Å². The lowest BCUT2D eigenvalue weighted by atomic mass is 9.97. The highest BCUT2D eigenvalue weighted by Gasteiger charge is 2.28. The number of hydrogen-bond acceptors (Lipinski definition) is 2. The third kappa shape index (κ3) is 8.04. The Kier molecular flexibility index (Phi) is 10.6. The Balaban J connectivity index is 1.64. The molecule has 1 nitrogen and oxygen atoms in total. The number of ether oxygens (including phenoxy) is 1. The van der Waals surface area contributed by atoms with Crippen LogP contribution in [0.5, 0.6) is 5.75 Å². The van der Waals surface area contributed by atoms with Crippen molar-refractivity contribution in [2.75, 3.05) is 0 Å². The SMILES string of the molecule is CCCCCCc1ccc(-c2ccc(-c3ccc(OC(C)([Si])C(C)CCCCC)c(F)c3)s2)cc1. The molecule has 187 valence electrons. The third-order valence-electron chi connectivity index (χ3n) is 6.88. The van der Waals surface area contributed by atoms with E-state index < -0.39 is 5.22 Å². The van der Waals surface area contributed by atoms with E-state index in [0.717, 1.165) is 29.7 Å². The second-order valence-electron chi connectivity index (χ2n) is 9.92. The van der Waals surface area contributed by atoms with Gasteiger partial charge in [-0.25, -0.2) is 4.39 Å². The molecule has 0 aliphatic carbocycles. The summed E-state index contributed by atoms with van der Waals surface area (Å²) in [5, 5.41) is -0.603. The second kappa shape index (κ2) is 13.4. The summed E-state index contributed by atoms with van der Waals surface area (Å²) in [6.07, 6.45) is 10.9. The van der Waals surface area contributed by atoms with Crippen molar-refractivity contribution in [3.63, 3.8) is 0 Å². The standard InChI is InChI=1S/C31H40FOSSi/c1-5-7-9-11-13-24-14-16-25(17-15-24)29-20-21-30(34-29)26-18-19-28(27(32)22-26)33-31(4,35)23(3)12-10-8-6-2/h14-23H,5-13H2,1-4H3. The van der Waals surface area contributed by atoms with E-state index in [1.165, 1.54) is 54.5 Å². The van der Waals surface area contributed by atoms with Gasteiger partial charge in [0.05, 0.1) is 15.5 Å². The van der Waals surface area contributed by atoms with Crippen molar-refractivity contribution >= 4 is 21.6 Å². The molecule has 0 saturated heterocycles. The molecule has 2 atom stereocenters. The average molecular weight is 508 g/mol. The van der Waals surface area contributed by atoms with Gasteiger partial charge in [0.25, 0.3) is 0 Å². The van der Waals surface area contributed by atoms with Crippen molar-refractivity contribution in [2.45, 2.75) is 90.7 Å². The Hall–Kier alpha value is -1.91. The molecule has 0 amide bonds. The molecule has 1 heterocycles. The minimum atomic E-state index is -0.603. The first kappa shape index (κ1) is 27.7. The predicted octanol–water partition coefficient (Wildman–Crippen LogP) is 9.82. The summed E-state index contributed by atoms with van der Waals surface area (Å²) >= 11 is 1.70. The highest BCUT2D eigenvalue weighted by atomic mass is 32.1. The fraction of sp³-hybridized carbons (Fsp3) is 0.484. The second-order valence-corrected chi connectivity index (χ2v) is 12.0. The predicted molar refractivity (Wildman–Crippen MR) is 151 cm³/mol. The number of rotatable bonds is 14. The molecule has 0 bridgehead atoms. The number of thiophene rings is 1. The van der Waals surface area contributed by atoms with Gasteiger partial charge >= 0.3 is 0 Å². The van der Waals surface area contributed by atoms with E-state index in [4.69, 9.17) is 4.74 Å². The van der Waals surface area contributed by atoms with Crippen LogP contribution in [0.4, 0.5) is 4.39 Å². The summed E-state index contributed by atoms with van der Waals surface area (Å²) < 4.78 is 21.1. The zero-order valence-corrected chi connectivity index (χ0v) is 23.6. The van der Waals surface area contributed by atoms with Crippen molar-refractivity contribution in [2.24, 2.45) is 5.92 Å². The fourth-order valence-electron chi connectivity index (χ4n) is 4.28. The molecule has 1 aromatic heterocycles. The van der Waals surface area contributed by atoms with Gasteiger partial charge in [-0.15, -0.1) is 11.3 Å². The molecule has 3 aromatic rings. The van der Waals surface area contributed by atoms with Crippen LogP contribution in [0.2, 0.25) is 0 Å². The number of benzene rings is 2. The van der Waals surface area contributed by atoms with Gasteiger partial charge in [-0.2, -0.15) is 0 Å². The Bertz CT molecular complexity index is 1040. The van der Waals surface area contributed by atoms with E-state index in [0.29, 0.717) is 5.75 Å². The van der Waals surface area contributed by atoms with Gasteiger partial charge in [-0.3, -0.25) is 0 Å². The van der Waals surface area contributed by atoms with Gasteiger partial charge in [0, 0.05) is 9.75 Å². The van der Waals surface area contributed by atoms with Crippen LogP contribution in [0.15, 0.2) is 54.6 Å². The maximum absolute atomic E-state index is 15.0. The Morgan fingerprint density at radius 3 is 2.14 bits per heavy atom. The van der Waals surface area contributed by atoms with Gasteiger partial charge in [-0.1, -0.05) is 83.6 Å². The first-order chi connectivity index (χ1) is 16.8. The van der Waals surface area contributed by atoms with Crippen molar-refractivity contribution < 1.29 is 9.13 Å². The Morgan fingerprint density at radius 1 is 0.857 bits per heavy atom. The average Bonchev–Trinajstić information content (AvgIpc) is 3.34. The maximum atomic E-state index is 15.0. The molecule has 0 spiro atoms. The lowest BCUT2D eigenvalue weighted by molar-refractivity contribution is 0.104. The lowest BCUT2D eigenvalue weighted by Crippen LogP contribution is -2.40. The van der Waals surface area contributed by atoms with E-state index in [1.807, 2.05) is 13.0 Å². The monoisotopic (exact) mass is 507 g/mol. The molecule has 0 saturated carbocycles. The molecule has 2 aromatic carbocycles. The van der Waals surface area contributed by atoms with E-state index >= 15 is 4.39 Å². The van der Waals surface area contributed by atoms with Crippen molar-refractivity contribution in [3.05, 3.63) is 66.0 Å². The van der Waals surface area contributed by atoms with Crippen LogP contribution in [0.3, 0.4) is 0 Å². The molecule has 3 rings (SSSR count). The molecule has 0 fully saturated rings. The molecule has 4 heteroatoms. The molecular formula is C31H40FOSSi. The van der Waals surface area contributed by atoms with Crippen molar-refractivity contribution in [1.29, 1.82) is 0 Å². The van der Waals surface area contributed by atoms with Crippen LogP contribution in [0.1, 0.15) is 84.6 Å². The van der Waals surface area contributed by atoms with Crippen molar-refractivity contribution in [1.82, 2.24) is 0 Å². The normalized spacial score (nSPS) is 14.0. The summed E-state index contributed by atoms with van der Waals surface area (Å²) in [6, 6.07) is 18.4. The summed E-state index contributed by atoms with van der Waals surface area (Å²) in [7, 11) is 3.76. The summed E-state index contributed by atoms with van der Waals surface area (Å²) in [5.74, 6) is 0.238. The number of unbranched alkanes of at least 4 members (excludes halogenated alkanes) is 5. The largest absolute Gasteiger partial charge is 0.489 e. The molecule has 35 heavy (non-hydrogen) atoms. The first-order valence-electron chi connectivity index (χ1n) is 13.3. The summed E-state index contributed by atoms with van der Waals surface area (Å²) in [4.78, 5) is 2.26. The van der Waals surface area contributed by atoms with Gasteiger partial charge in [0.1, 0.15) is 0 Å². The summed E-state index contributed by atoms with van der Waals surface area (Å²) in [5.41, 5.74) is 3.49. The van der Waals surface area contributed by atoms with Crippen LogP contribution in [-0.4, -0.2) is 15.5 Å². The topological polar surface area (TPSA) is 9.23 Å². The van der Waals surface area contributed by atoms with Crippen LogP contribution in [0.25, 0.3) is 20.9 Å². The van der Waals surface area contributed by atoms with Crippen LogP contribution in [0, 0.1) is 11.7 Å². The number of hydrogen-bond donors (Lipinski definition) is 0. The molecule has 0 aliphatic heterocycles. The van der Waals surface area contributed by atoms with E-state index in [2.05, 4.69) is 67.4 Å². The third-order valence-corrected chi connectivity index (χ3v) is 8.66. The summed E-state index contributed by atoms with van der Waals surface area (Å²) in [6.45, 7) is 8.58. The smallest absolute Gasteiger partial charge is 0.165 e. The van der Waals surface area contributed by atoms with Gasteiger partial charge in [0.15, 0.2) is 11.6 Å². The van der Waals surface area contributed by atoms with Crippen LogP contribution >= 0.6 is 11.3 Å². The molecular weight excluding hydrogens is 467 g/mol. The van der Waals surface area contributed by atoms with Crippen LogP contribution in [-0.2, 0) is 6.42 Å². The lowest BCUT2D eigenvalue weighted by Gasteiger charge is -2.33. The van der Waals surface area contributed by atoms with Gasteiger partial charge in [-0.05, 0) is 79.1 Å². The number of halogens is 1. The zero-order valence-electron chi connectivity index (χ0n) is 21.8. The van der Waals surface area contributed by atoms with E-state index in [-0.39, 0.29) is 11.7 Å². The molecule has 2 unspecified atom stereocenters. The number of aryl methyl sites for hydroxylation is 1. The molecule has 0 aliphatic rings. The van der Waals surface area contributed by atoms with Gasteiger partial charge in [0.2, 0.25) is 0 Å². The Labute approximate surface area is 219 Å². The zero-order chi connectivity index (χ0) is 25.3. The quantitative estimate of drug-likeness (QED) is 0.156. The van der Waals surface area contributed by atoms with E-state index in [9.17, 15) is 0 Å². The first-order valence-corrected chi connectivity index (χ1v) is 14.6. The fourth-order valence-corrected chi connectivity index (χ4v) is 5.54. The molecule has 3 radical (unpaired) electrons. The minimum Gasteiger partial charge on any atom is -0.489 e. The molecule has 0 N–H and O–H groups in total. The van der Waals surface area contributed by atoms with Crippen LogP contribution < -0.4 is 4.74 Å².